The van der Waals surface area contributed by atoms with Crippen LogP contribution in [-0.2, 0) is 12.7 Å². The summed E-state index contributed by atoms with van der Waals surface area (Å²) in [4.78, 5) is 17.8. The molecule has 6 aromatic rings. The highest BCUT2D eigenvalue weighted by Crippen LogP contribution is 2.35. The first kappa shape index (κ1) is 25.3. The molecule has 0 aliphatic carbocycles. The number of anilines is 1. The number of nitrogens with zero attached hydrogens (tertiary/aromatic N) is 5. The number of hydrogen-bond donors (Lipinski definition) is 1. The molecule has 0 spiro atoms. The fraction of sp³-hybridized carbons (Fsp3) is 0.133. The van der Waals surface area contributed by atoms with Gasteiger partial charge in [-0.1, -0.05) is 54.6 Å². The minimum Gasteiger partial charge on any atom is -0.322 e. The van der Waals surface area contributed by atoms with E-state index < -0.39 is 17.8 Å². The van der Waals surface area contributed by atoms with Gasteiger partial charge < -0.3 is 5.32 Å². The van der Waals surface area contributed by atoms with Gasteiger partial charge in [-0.05, 0) is 54.4 Å². The van der Waals surface area contributed by atoms with Crippen molar-refractivity contribution in [3.8, 4) is 11.3 Å². The van der Waals surface area contributed by atoms with E-state index in [0.717, 1.165) is 40.0 Å². The van der Waals surface area contributed by atoms with E-state index >= 15 is 0 Å². The summed E-state index contributed by atoms with van der Waals surface area (Å²) in [6.07, 6.45) is -3.61. The molecule has 1 N–H and O–H groups in total. The largest absolute Gasteiger partial charge is 0.433 e. The van der Waals surface area contributed by atoms with Crippen molar-refractivity contribution >= 4 is 28.0 Å². The van der Waals surface area contributed by atoms with Gasteiger partial charge in [0.1, 0.15) is 5.56 Å². The number of alkyl halides is 3. The Morgan fingerprint density at radius 2 is 1.73 bits per heavy atom. The minimum atomic E-state index is -4.72. The molecule has 6 rings (SSSR count). The number of aryl methyl sites for hydroxylation is 2. The van der Waals surface area contributed by atoms with Gasteiger partial charge in [-0.15, -0.1) is 0 Å². The molecule has 200 valence electrons. The van der Waals surface area contributed by atoms with Crippen molar-refractivity contribution in [1.29, 1.82) is 0 Å². The molecule has 7 nitrogen and oxygen atoms in total. The van der Waals surface area contributed by atoms with Gasteiger partial charge in [-0.25, -0.2) is 9.50 Å². The van der Waals surface area contributed by atoms with Crippen LogP contribution in [-0.4, -0.2) is 30.3 Å². The number of aromatic nitrogens is 5. The lowest BCUT2D eigenvalue weighted by atomic mass is 10.0. The smallest absolute Gasteiger partial charge is 0.322 e. The molecule has 0 bridgehead atoms. The zero-order valence-electron chi connectivity index (χ0n) is 21.6. The van der Waals surface area contributed by atoms with E-state index in [2.05, 4.69) is 20.5 Å². The first-order chi connectivity index (χ1) is 19.2. The highest BCUT2D eigenvalue weighted by Gasteiger charge is 2.36. The number of rotatable bonds is 5. The van der Waals surface area contributed by atoms with Crippen molar-refractivity contribution in [2.24, 2.45) is 0 Å². The standard InChI is InChI=1S/C30H23F3N6O/c1-18-13-19(2)38(37-18)17-20-7-5-10-22(14-20)35-29(40)25-16-34-39-27(30(31,32)33)15-26(36-28(25)39)24-12-6-9-21-8-3-4-11-23(21)24/h3-16H,17H2,1-2H3,(H,35,40). The molecule has 1 amide bonds. The minimum absolute atomic E-state index is 0.0727. The second kappa shape index (κ2) is 9.64. The Morgan fingerprint density at radius 3 is 2.50 bits per heavy atom. The molecule has 0 radical (unpaired) electrons. The van der Waals surface area contributed by atoms with Crippen LogP contribution in [0.3, 0.4) is 0 Å². The Morgan fingerprint density at radius 1 is 0.950 bits per heavy atom. The lowest BCUT2D eigenvalue weighted by Crippen LogP contribution is -2.16. The Labute approximate surface area is 226 Å². The molecule has 0 aliphatic rings. The average Bonchev–Trinajstić information content (AvgIpc) is 3.49. The van der Waals surface area contributed by atoms with Crippen LogP contribution in [0.25, 0.3) is 27.7 Å². The van der Waals surface area contributed by atoms with E-state index in [1.54, 1.807) is 30.3 Å². The van der Waals surface area contributed by atoms with E-state index in [0.29, 0.717) is 22.3 Å². The summed E-state index contributed by atoms with van der Waals surface area (Å²) >= 11 is 0. The number of nitrogens with one attached hydrogen (secondary N) is 1. The van der Waals surface area contributed by atoms with Crippen LogP contribution in [0.2, 0.25) is 0 Å². The Bertz CT molecular complexity index is 1900. The SMILES string of the molecule is Cc1cc(C)n(Cc2cccc(NC(=O)c3cnn4c(C(F)(F)F)cc(-c5cccc6ccccc56)nc34)c2)n1. The lowest BCUT2D eigenvalue weighted by molar-refractivity contribution is -0.142. The van der Waals surface area contributed by atoms with Crippen molar-refractivity contribution in [2.75, 3.05) is 5.32 Å². The molecule has 0 saturated heterocycles. The highest BCUT2D eigenvalue weighted by molar-refractivity contribution is 6.08. The zero-order valence-corrected chi connectivity index (χ0v) is 21.6. The summed E-state index contributed by atoms with van der Waals surface area (Å²) in [6, 6.07) is 22.9. The second-order valence-electron chi connectivity index (χ2n) is 9.58. The summed E-state index contributed by atoms with van der Waals surface area (Å²) in [5, 5.41) is 12.8. The quantitative estimate of drug-likeness (QED) is 0.265. The monoisotopic (exact) mass is 540 g/mol. The third kappa shape index (κ3) is 4.68. The summed E-state index contributed by atoms with van der Waals surface area (Å²) in [5.74, 6) is -0.617. The number of carbonyl (C=O) groups excluding carboxylic acids is 1. The van der Waals surface area contributed by atoms with Gasteiger partial charge in [0.05, 0.1) is 24.1 Å². The number of fused-ring (bicyclic) bond motifs is 2. The Kier molecular flexibility index (Phi) is 6.10. The van der Waals surface area contributed by atoms with Gasteiger partial charge in [0.15, 0.2) is 11.3 Å². The molecule has 10 heteroatoms. The van der Waals surface area contributed by atoms with Crippen LogP contribution >= 0.6 is 0 Å². The fourth-order valence-electron chi connectivity index (χ4n) is 4.87. The van der Waals surface area contributed by atoms with Gasteiger partial charge in [0.2, 0.25) is 0 Å². The molecule has 0 atom stereocenters. The number of hydrogen-bond acceptors (Lipinski definition) is 4. The van der Waals surface area contributed by atoms with E-state index in [4.69, 9.17) is 0 Å². The van der Waals surface area contributed by atoms with Crippen LogP contribution in [0.4, 0.5) is 18.9 Å². The summed E-state index contributed by atoms with van der Waals surface area (Å²) in [5.41, 5.74) is 2.64. The van der Waals surface area contributed by atoms with Crippen molar-refractivity contribution in [3.05, 3.63) is 113 Å². The molecular formula is C30H23F3N6O. The maximum absolute atomic E-state index is 14.1. The van der Waals surface area contributed by atoms with Crippen molar-refractivity contribution in [1.82, 2.24) is 24.4 Å². The molecule has 3 aromatic carbocycles. The summed E-state index contributed by atoms with van der Waals surface area (Å²) in [6.45, 7) is 4.39. The lowest BCUT2D eigenvalue weighted by Gasteiger charge is -2.13. The predicted molar refractivity (Wildman–Crippen MR) is 146 cm³/mol. The van der Waals surface area contributed by atoms with Crippen LogP contribution in [0, 0.1) is 13.8 Å². The molecule has 0 aliphatic heterocycles. The van der Waals surface area contributed by atoms with Crippen molar-refractivity contribution in [3.63, 3.8) is 0 Å². The Balaban J connectivity index is 1.39. The van der Waals surface area contributed by atoms with Crippen molar-refractivity contribution < 1.29 is 18.0 Å². The van der Waals surface area contributed by atoms with Gasteiger partial charge in [0.25, 0.3) is 5.91 Å². The fourth-order valence-corrected chi connectivity index (χ4v) is 4.87. The van der Waals surface area contributed by atoms with E-state index in [1.807, 2.05) is 61.0 Å². The van der Waals surface area contributed by atoms with Crippen LogP contribution in [0.5, 0.6) is 0 Å². The van der Waals surface area contributed by atoms with Crippen LogP contribution in [0.1, 0.15) is 33.0 Å². The van der Waals surface area contributed by atoms with E-state index in [-0.39, 0.29) is 16.9 Å². The third-order valence-corrected chi connectivity index (χ3v) is 6.69. The highest BCUT2D eigenvalue weighted by atomic mass is 19.4. The van der Waals surface area contributed by atoms with Gasteiger partial charge in [-0.2, -0.15) is 23.4 Å². The molecule has 0 unspecified atom stereocenters. The van der Waals surface area contributed by atoms with Crippen LogP contribution < -0.4 is 5.32 Å². The van der Waals surface area contributed by atoms with Crippen molar-refractivity contribution in [2.45, 2.75) is 26.6 Å². The first-order valence-corrected chi connectivity index (χ1v) is 12.5. The molecule has 0 saturated carbocycles. The predicted octanol–water partition coefficient (Wildman–Crippen LogP) is 6.68. The second-order valence-corrected chi connectivity index (χ2v) is 9.58. The Hall–Kier alpha value is -4.99. The number of carbonyl (C=O) groups is 1. The maximum atomic E-state index is 14.1. The normalized spacial score (nSPS) is 11.8. The molecule has 3 aromatic heterocycles. The number of benzene rings is 3. The molecule has 40 heavy (non-hydrogen) atoms. The molecular weight excluding hydrogens is 517 g/mol. The maximum Gasteiger partial charge on any atom is 0.433 e. The topological polar surface area (TPSA) is 77.1 Å². The summed E-state index contributed by atoms with van der Waals surface area (Å²) < 4.78 is 45.0. The number of halogens is 3. The molecule has 3 heterocycles. The summed E-state index contributed by atoms with van der Waals surface area (Å²) in [7, 11) is 0. The van der Waals surface area contributed by atoms with E-state index in [9.17, 15) is 18.0 Å². The van der Waals surface area contributed by atoms with E-state index in [1.165, 1.54) is 0 Å². The average molecular weight is 541 g/mol. The number of amides is 1. The van der Waals surface area contributed by atoms with Gasteiger partial charge >= 0.3 is 6.18 Å². The van der Waals surface area contributed by atoms with Gasteiger partial charge in [-0.3, -0.25) is 9.48 Å². The first-order valence-electron chi connectivity index (χ1n) is 12.5. The van der Waals surface area contributed by atoms with Crippen LogP contribution in [0.15, 0.2) is 85.1 Å². The molecule has 0 fully saturated rings. The third-order valence-electron chi connectivity index (χ3n) is 6.69. The van der Waals surface area contributed by atoms with Gasteiger partial charge in [0, 0.05) is 16.9 Å². The zero-order chi connectivity index (χ0) is 28.0.